The summed E-state index contributed by atoms with van der Waals surface area (Å²) < 4.78 is 0. The molecular weight excluding hydrogens is 303 g/mol. The Balaban J connectivity index is 0.00000110. The van der Waals surface area contributed by atoms with Gasteiger partial charge in [0.2, 0.25) is 0 Å². The maximum atomic E-state index is 2.71. The highest BCUT2D eigenvalue weighted by molar-refractivity contribution is 5.85. The third kappa shape index (κ3) is 4.50. The molecule has 1 saturated carbocycles. The van der Waals surface area contributed by atoms with E-state index in [1.54, 1.807) is 0 Å². The monoisotopic (exact) mass is 336 g/mol. The normalized spacial score (nSPS) is 32.3. The summed E-state index contributed by atoms with van der Waals surface area (Å²) in [7, 11) is 0. The van der Waals surface area contributed by atoms with E-state index in [-0.39, 0.29) is 24.8 Å². The van der Waals surface area contributed by atoms with Gasteiger partial charge in [-0.3, -0.25) is 0 Å². The molecule has 0 radical (unpaired) electrons. The van der Waals surface area contributed by atoms with Crippen LogP contribution in [-0.4, -0.2) is 49.1 Å². The summed E-state index contributed by atoms with van der Waals surface area (Å²) in [5.74, 6) is 1.95. The minimum atomic E-state index is 0. The zero-order valence-corrected chi connectivity index (χ0v) is 15.5. The van der Waals surface area contributed by atoms with Gasteiger partial charge in [-0.15, -0.1) is 24.8 Å². The van der Waals surface area contributed by atoms with Crippen molar-refractivity contribution in [3.63, 3.8) is 0 Å². The average molecular weight is 337 g/mol. The fourth-order valence-electron chi connectivity index (χ4n) is 4.54. The van der Waals surface area contributed by atoms with Gasteiger partial charge in [-0.2, -0.15) is 0 Å². The SMILES string of the molecule is CC1(C)C(CCN2CCCC2)CC1CN1CCCC1.Cl.Cl. The second kappa shape index (κ2) is 8.38. The molecule has 2 nitrogen and oxygen atoms in total. The van der Waals surface area contributed by atoms with E-state index in [1.807, 2.05) is 0 Å². The number of nitrogens with zero attached hydrogens (tertiary/aromatic N) is 2. The van der Waals surface area contributed by atoms with Crippen LogP contribution >= 0.6 is 24.8 Å². The lowest BCUT2D eigenvalue weighted by molar-refractivity contribution is -0.0444. The van der Waals surface area contributed by atoms with E-state index < -0.39 is 0 Å². The Morgan fingerprint density at radius 3 is 1.86 bits per heavy atom. The van der Waals surface area contributed by atoms with Gasteiger partial charge >= 0.3 is 0 Å². The molecule has 2 unspecified atom stereocenters. The molecule has 0 amide bonds. The van der Waals surface area contributed by atoms with Crippen LogP contribution in [0.25, 0.3) is 0 Å². The van der Waals surface area contributed by atoms with Crippen LogP contribution in [0.15, 0.2) is 0 Å². The van der Waals surface area contributed by atoms with E-state index in [1.165, 1.54) is 77.8 Å². The van der Waals surface area contributed by atoms with E-state index >= 15 is 0 Å². The Hall–Kier alpha value is 0.500. The molecular formula is C17H34Cl2N2. The molecule has 126 valence electrons. The first-order valence-electron chi connectivity index (χ1n) is 8.61. The second-order valence-corrected chi connectivity index (χ2v) is 7.80. The van der Waals surface area contributed by atoms with Gasteiger partial charge in [-0.25, -0.2) is 0 Å². The number of hydrogen-bond acceptors (Lipinski definition) is 2. The van der Waals surface area contributed by atoms with E-state index in [9.17, 15) is 0 Å². The van der Waals surface area contributed by atoms with Crippen LogP contribution in [0, 0.1) is 17.3 Å². The van der Waals surface area contributed by atoms with Crippen LogP contribution in [-0.2, 0) is 0 Å². The van der Waals surface area contributed by atoms with Crippen LogP contribution < -0.4 is 0 Å². The van der Waals surface area contributed by atoms with E-state index in [2.05, 4.69) is 23.6 Å². The highest BCUT2D eigenvalue weighted by Crippen LogP contribution is 2.53. The molecule has 21 heavy (non-hydrogen) atoms. The summed E-state index contributed by atoms with van der Waals surface area (Å²) in [4.78, 5) is 5.40. The lowest BCUT2D eigenvalue weighted by atomic mass is 9.53. The summed E-state index contributed by atoms with van der Waals surface area (Å²) in [6.07, 6.45) is 8.69. The molecule has 0 spiro atoms. The molecule has 0 N–H and O–H groups in total. The lowest BCUT2D eigenvalue weighted by Crippen LogP contribution is -2.50. The predicted octanol–water partition coefficient (Wildman–Crippen LogP) is 4.07. The molecule has 3 fully saturated rings. The summed E-state index contributed by atoms with van der Waals surface area (Å²) >= 11 is 0. The molecule has 3 rings (SSSR count). The molecule has 4 heteroatoms. The van der Waals surface area contributed by atoms with Gasteiger partial charge < -0.3 is 9.80 Å². The highest BCUT2D eigenvalue weighted by Gasteiger charge is 2.47. The molecule has 2 saturated heterocycles. The largest absolute Gasteiger partial charge is 0.303 e. The molecule has 2 atom stereocenters. The maximum absolute atomic E-state index is 2.71. The Labute approximate surface area is 143 Å². The first-order chi connectivity index (χ1) is 9.16. The smallest absolute Gasteiger partial charge is 0.00150 e. The molecule has 0 bridgehead atoms. The van der Waals surface area contributed by atoms with Crippen molar-refractivity contribution < 1.29 is 0 Å². The minimum absolute atomic E-state index is 0. The van der Waals surface area contributed by atoms with Crippen molar-refractivity contribution in [3.05, 3.63) is 0 Å². The Bertz CT molecular complexity index is 297. The average Bonchev–Trinajstić information content (AvgIpc) is 3.05. The lowest BCUT2D eigenvalue weighted by Gasteiger charge is -2.54. The van der Waals surface area contributed by atoms with Crippen molar-refractivity contribution in [3.8, 4) is 0 Å². The zero-order chi connectivity index (χ0) is 13.3. The van der Waals surface area contributed by atoms with Crippen molar-refractivity contribution in [2.45, 2.75) is 52.4 Å². The highest BCUT2D eigenvalue weighted by atomic mass is 35.5. The van der Waals surface area contributed by atoms with Crippen LogP contribution in [0.3, 0.4) is 0 Å². The quantitative estimate of drug-likeness (QED) is 0.746. The standard InChI is InChI=1S/C17H32N2.2ClH/c1-17(2)15(7-12-18-8-3-4-9-18)13-16(17)14-19-10-5-6-11-19;;/h15-16H,3-14H2,1-2H3;2*1H. The van der Waals surface area contributed by atoms with Crippen molar-refractivity contribution in [1.82, 2.24) is 9.80 Å². The molecule has 3 aliphatic rings. The van der Waals surface area contributed by atoms with Gasteiger partial charge in [-0.1, -0.05) is 13.8 Å². The molecule has 0 aromatic rings. The van der Waals surface area contributed by atoms with Crippen LogP contribution in [0.1, 0.15) is 52.4 Å². The number of likely N-dealkylation sites (tertiary alicyclic amines) is 2. The number of halogens is 2. The van der Waals surface area contributed by atoms with Gasteiger partial charge in [-0.05, 0) is 88.5 Å². The molecule has 0 aromatic carbocycles. The zero-order valence-electron chi connectivity index (χ0n) is 13.9. The van der Waals surface area contributed by atoms with Crippen LogP contribution in [0.4, 0.5) is 0 Å². The fourth-order valence-corrected chi connectivity index (χ4v) is 4.54. The van der Waals surface area contributed by atoms with Crippen LogP contribution in [0.5, 0.6) is 0 Å². The van der Waals surface area contributed by atoms with Gasteiger partial charge in [0.25, 0.3) is 0 Å². The van der Waals surface area contributed by atoms with E-state index in [4.69, 9.17) is 0 Å². The maximum Gasteiger partial charge on any atom is 0.00150 e. The molecule has 0 aromatic heterocycles. The molecule has 1 aliphatic carbocycles. The predicted molar refractivity (Wildman–Crippen MR) is 95.8 cm³/mol. The molecule has 2 heterocycles. The van der Waals surface area contributed by atoms with Gasteiger partial charge in [0, 0.05) is 6.54 Å². The van der Waals surface area contributed by atoms with Crippen molar-refractivity contribution in [2.75, 3.05) is 39.3 Å². The van der Waals surface area contributed by atoms with Crippen molar-refractivity contribution in [2.24, 2.45) is 17.3 Å². The summed E-state index contributed by atoms with van der Waals surface area (Å²) in [6.45, 7) is 13.3. The summed E-state index contributed by atoms with van der Waals surface area (Å²) in [5.41, 5.74) is 0.600. The van der Waals surface area contributed by atoms with Gasteiger partial charge in [0.15, 0.2) is 0 Å². The van der Waals surface area contributed by atoms with E-state index in [0.29, 0.717) is 5.41 Å². The Kier molecular flexibility index (Phi) is 7.80. The number of hydrogen-bond donors (Lipinski definition) is 0. The first kappa shape index (κ1) is 19.5. The third-order valence-corrected chi connectivity index (χ3v) is 6.34. The Morgan fingerprint density at radius 1 is 0.810 bits per heavy atom. The van der Waals surface area contributed by atoms with E-state index in [0.717, 1.165) is 11.8 Å². The van der Waals surface area contributed by atoms with Crippen molar-refractivity contribution >= 4 is 24.8 Å². The summed E-state index contributed by atoms with van der Waals surface area (Å²) in [5, 5.41) is 0. The summed E-state index contributed by atoms with van der Waals surface area (Å²) in [6, 6.07) is 0. The minimum Gasteiger partial charge on any atom is -0.303 e. The molecule has 2 aliphatic heterocycles. The van der Waals surface area contributed by atoms with Crippen molar-refractivity contribution in [1.29, 1.82) is 0 Å². The second-order valence-electron chi connectivity index (χ2n) is 7.80. The number of rotatable bonds is 5. The van der Waals surface area contributed by atoms with Gasteiger partial charge in [0.05, 0.1) is 0 Å². The Morgan fingerprint density at radius 2 is 1.33 bits per heavy atom. The topological polar surface area (TPSA) is 6.48 Å². The fraction of sp³-hybridized carbons (Fsp3) is 1.00. The van der Waals surface area contributed by atoms with Crippen LogP contribution in [0.2, 0.25) is 0 Å². The first-order valence-corrected chi connectivity index (χ1v) is 8.61. The van der Waals surface area contributed by atoms with Gasteiger partial charge in [0.1, 0.15) is 0 Å². The third-order valence-electron chi connectivity index (χ3n) is 6.34.